The van der Waals surface area contributed by atoms with Crippen LogP contribution in [-0.4, -0.2) is 24.4 Å². The van der Waals surface area contributed by atoms with Crippen LogP contribution in [0.5, 0.6) is 0 Å². The molecular weight excluding hydrogens is 236 g/mol. The summed E-state index contributed by atoms with van der Waals surface area (Å²) in [7, 11) is 1.93. The molecule has 1 aliphatic carbocycles. The average molecular weight is 260 g/mol. The number of unbranched alkanes of at least 4 members (excludes halogenated alkanes) is 2. The number of amides is 1. The van der Waals surface area contributed by atoms with Crippen molar-refractivity contribution in [3.63, 3.8) is 0 Å². The molecule has 104 valence electrons. The number of rotatable bonds is 6. The van der Waals surface area contributed by atoms with E-state index in [0.29, 0.717) is 0 Å². The third-order valence-electron chi connectivity index (χ3n) is 4.07. The number of hydrogen-bond donors (Lipinski definition) is 1. The molecule has 1 aromatic rings. The molecule has 0 radical (unpaired) electrons. The average Bonchev–Trinajstić information content (AvgIpc) is 3.20. The molecule has 1 aliphatic rings. The smallest absolute Gasteiger partial charge is 0.232 e. The van der Waals surface area contributed by atoms with E-state index in [2.05, 4.69) is 6.92 Å². The Labute approximate surface area is 115 Å². The molecule has 0 atom stereocenters. The SMILES string of the molecule is CCCCCN(C)C(=O)C1(c2ccc(N)cc2)CC1. The van der Waals surface area contributed by atoms with Crippen LogP contribution in [0.3, 0.4) is 0 Å². The topological polar surface area (TPSA) is 46.3 Å². The minimum atomic E-state index is -0.255. The van der Waals surface area contributed by atoms with Crippen molar-refractivity contribution in [2.45, 2.75) is 44.4 Å². The van der Waals surface area contributed by atoms with E-state index < -0.39 is 0 Å². The Kier molecular flexibility index (Phi) is 4.13. The molecule has 2 rings (SSSR count). The maximum absolute atomic E-state index is 12.6. The van der Waals surface area contributed by atoms with Gasteiger partial charge in [0, 0.05) is 19.3 Å². The van der Waals surface area contributed by atoms with Crippen LogP contribution < -0.4 is 5.73 Å². The predicted octanol–water partition coefficient (Wildman–Crippen LogP) is 2.95. The van der Waals surface area contributed by atoms with E-state index in [-0.39, 0.29) is 11.3 Å². The third kappa shape index (κ3) is 2.91. The summed E-state index contributed by atoms with van der Waals surface area (Å²) in [4.78, 5) is 14.5. The maximum atomic E-state index is 12.6. The van der Waals surface area contributed by atoms with E-state index in [0.717, 1.165) is 37.1 Å². The van der Waals surface area contributed by atoms with Gasteiger partial charge in [-0.2, -0.15) is 0 Å². The fourth-order valence-corrected chi connectivity index (χ4v) is 2.62. The molecule has 0 aromatic heterocycles. The highest BCUT2D eigenvalue weighted by Gasteiger charge is 2.52. The van der Waals surface area contributed by atoms with Gasteiger partial charge < -0.3 is 10.6 Å². The fraction of sp³-hybridized carbons (Fsp3) is 0.562. The van der Waals surface area contributed by atoms with Crippen LogP contribution in [0.4, 0.5) is 5.69 Å². The second-order valence-electron chi connectivity index (χ2n) is 5.64. The first-order valence-corrected chi connectivity index (χ1v) is 7.22. The molecule has 0 aliphatic heterocycles. The van der Waals surface area contributed by atoms with E-state index in [1.54, 1.807) is 0 Å². The van der Waals surface area contributed by atoms with Crippen molar-refractivity contribution in [2.24, 2.45) is 0 Å². The Bertz CT molecular complexity index is 435. The summed E-state index contributed by atoms with van der Waals surface area (Å²) < 4.78 is 0. The number of hydrogen-bond acceptors (Lipinski definition) is 2. The summed E-state index contributed by atoms with van der Waals surface area (Å²) in [6.45, 7) is 3.04. The van der Waals surface area contributed by atoms with Gasteiger partial charge in [-0.25, -0.2) is 0 Å². The fourth-order valence-electron chi connectivity index (χ4n) is 2.62. The molecule has 0 saturated heterocycles. The monoisotopic (exact) mass is 260 g/mol. The number of benzene rings is 1. The zero-order valence-corrected chi connectivity index (χ0v) is 12.0. The highest BCUT2D eigenvalue weighted by molar-refractivity contribution is 5.91. The number of likely N-dealkylation sites (N-methyl/N-ethyl adjacent to an activating group) is 1. The van der Waals surface area contributed by atoms with Crippen molar-refractivity contribution in [1.29, 1.82) is 0 Å². The van der Waals surface area contributed by atoms with E-state index >= 15 is 0 Å². The highest BCUT2D eigenvalue weighted by atomic mass is 16.2. The van der Waals surface area contributed by atoms with E-state index in [1.165, 1.54) is 12.8 Å². The van der Waals surface area contributed by atoms with Gasteiger partial charge >= 0.3 is 0 Å². The third-order valence-corrected chi connectivity index (χ3v) is 4.07. The molecule has 0 unspecified atom stereocenters. The lowest BCUT2D eigenvalue weighted by atomic mass is 9.94. The minimum absolute atomic E-state index is 0.255. The summed E-state index contributed by atoms with van der Waals surface area (Å²) >= 11 is 0. The second-order valence-corrected chi connectivity index (χ2v) is 5.64. The quantitative estimate of drug-likeness (QED) is 0.631. The van der Waals surface area contributed by atoms with Gasteiger partial charge in [0.15, 0.2) is 0 Å². The first-order valence-electron chi connectivity index (χ1n) is 7.22. The maximum Gasteiger partial charge on any atom is 0.232 e. The zero-order valence-electron chi connectivity index (χ0n) is 12.0. The lowest BCUT2D eigenvalue weighted by Crippen LogP contribution is -2.37. The summed E-state index contributed by atoms with van der Waals surface area (Å²) in [5.74, 6) is 0.272. The van der Waals surface area contributed by atoms with Gasteiger partial charge in [0.1, 0.15) is 0 Å². The van der Waals surface area contributed by atoms with Crippen molar-refractivity contribution in [3.05, 3.63) is 29.8 Å². The van der Waals surface area contributed by atoms with Crippen LogP contribution in [0.2, 0.25) is 0 Å². The number of nitrogens with zero attached hydrogens (tertiary/aromatic N) is 1. The molecule has 0 spiro atoms. The number of nitrogen functional groups attached to an aromatic ring is 1. The van der Waals surface area contributed by atoms with Gasteiger partial charge in [0.2, 0.25) is 5.91 Å². The molecule has 1 aromatic carbocycles. The lowest BCUT2D eigenvalue weighted by molar-refractivity contribution is -0.132. The number of carbonyl (C=O) groups is 1. The van der Waals surface area contributed by atoms with Gasteiger partial charge in [-0.1, -0.05) is 31.9 Å². The van der Waals surface area contributed by atoms with Crippen molar-refractivity contribution in [3.8, 4) is 0 Å². The van der Waals surface area contributed by atoms with Crippen LogP contribution in [0.25, 0.3) is 0 Å². The second kappa shape index (κ2) is 5.64. The summed E-state index contributed by atoms with van der Waals surface area (Å²) in [6.07, 6.45) is 5.40. The molecule has 3 nitrogen and oxygen atoms in total. The van der Waals surface area contributed by atoms with Crippen molar-refractivity contribution < 1.29 is 4.79 Å². The summed E-state index contributed by atoms with van der Waals surface area (Å²) in [6, 6.07) is 7.78. The first-order chi connectivity index (χ1) is 9.10. The number of nitrogens with two attached hydrogens (primary N) is 1. The van der Waals surface area contributed by atoms with Gasteiger partial charge in [-0.05, 0) is 37.0 Å². The molecule has 0 bridgehead atoms. The molecule has 1 saturated carbocycles. The van der Waals surface area contributed by atoms with E-state index in [1.807, 2.05) is 36.2 Å². The molecular formula is C16H24N2O. The van der Waals surface area contributed by atoms with E-state index in [9.17, 15) is 4.79 Å². The Morgan fingerprint density at radius 3 is 2.42 bits per heavy atom. The molecule has 19 heavy (non-hydrogen) atoms. The van der Waals surface area contributed by atoms with E-state index in [4.69, 9.17) is 5.73 Å². The molecule has 2 N–H and O–H groups in total. The van der Waals surface area contributed by atoms with Gasteiger partial charge in [-0.15, -0.1) is 0 Å². The van der Waals surface area contributed by atoms with Crippen LogP contribution in [0.15, 0.2) is 24.3 Å². The van der Waals surface area contributed by atoms with Crippen molar-refractivity contribution in [1.82, 2.24) is 4.90 Å². The molecule has 1 amide bonds. The predicted molar refractivity (Wildman–Crippen MR) is 78.9 cm³/mol. The Balaban J connectivity index is 2.03. The number of carbonyl (C=O) groups excluding carboxylic acids is 1. The first kappa shape index (κ1) is 13.9. The van der Waals surface area contributed by atoms with Gasteiger partial charge in [-0.3, -0.25) is 4.79 Å². The van der Waals surface area contributed by atoms with Crippen LogP contribution in [0.1, 0.15) is 44.6 Å². The normalized spacial score (nSPS) is 16.1. The largest absolute Gasteiger partial charge is 0.399 e. The molecule has 3 heteroatoms. The highest BCUT2D eigenvalue weighted by Crippen LogP contribution is 2.49. The van der Waals surface area contributed by atoms with Crippen molar-refractivity contribution >= 4 is 11.6 Å². The van der Waals surface area contributed by atoms with Gasteiger partial charge in [0.05, 0.1) is 5.41 Å². The van der Waals surface area contributed by atoms with Crippen LogP contribution in [0, 0.1) is 0 Å². The zero-order chi connectivity index (χ0) is 13.9. The Hall–Kier alpha value is -1.51. The summed E-state index contributed by atoms with van der Waals surface area (Å²) in [5.41, 5.74) is 7.33. The standard InChI is InChI=1S/C16H24N2O/c1-3-4-5-12-18(2)15(19)16(10-11-16)13-6-8-14(17)9-7-13/h6-9H,3-5,10-12,17H2,1-2H3. The van der Waals surface area contributed by atoms with Gasteiger partial charge in [0.25, 0.3) is 0 Å². The minimum Gasteiger partial charge on any atom is -0.399 e. The Morgan fingerprint density at radius 1 is 1.26 bits per heavy atom. The number of anilines is 1. The molecule has 1 fully saturated rings. The van der Waals surface area contributed by atoms with Crippen LogP contribution in [-0.2, 0) is 10.2 Å². The Morgan fingerprint density at radius 2 is 1.89 bits per heavy atom. The van der Waals surface area contributed by atoms with Crippen molar-refractivity contribution in [2.75, 3.05) is 19.3 Å². The molecule has 0 heterocycles. The lowest BCUT2D eigenvalue weighted by Gasteiger charge is -2.24. The van der Waals surface area contributed by atoms with Crippen LogP contribution >= 0.6 is 0 Å². The summed E-state index contributed by atoms with van der Waals surface area (Å²) in [5, 5.41) is 0.